The number of carbonyl (C=O) groups excluding carboxylic acids is 1. The van der Waals surface area contributed by atoms with Crippen LogP contribution >= 0.6 is 0 Å². The first kappa shape index (κ1) is 13.9. The summed E-state index contributed by atoms with van der Waals surface area (Å²) in [5, 5.41) is 6.33. The van der Waals surface area contributed by atoms with Gasteiger partial charge in [0, 0.05) is 6.54 Å². The van der Waals surface area contributed by atoms with Gasteiger partial charge in [0.1, 0.15) is 5.75 Å². The summed E-state index contributed by atoms with van der Waals surface area (Å²) in [6.45, 7) is 2.99. The lowest BCUT2D eigenvalue weighted by atomic mass is 10.1. The van der Waals surface area contributed by atoms with E-state index in [1.807, 2.05) is 24.3 Å². The van der Waals surface area contributed by atoms with Gasteiger partial charge in [-0.15, -0.1) is 0 Å². The van der Waals surface area contributed by atoms with E-state index in [2.05, 4.69) is 10.6 Å². The van der Waals surface area contributed by atoms with Crippen molar-refractivity contribution in [1.82, 2.24) is 10.6 Å². The van der Waals surface area contributed by atoms with Gasteiger partial charge in [0.15, 0.2) is 0 Å². The molecule has 2 rings (SSSR count). The van der Waals surface area contributed by atoms with E-state index in [1.54, 1.807) is 7.11 Å². The molecule has 1 fully saturated rings. The van der Waals surface area contributed by atoms with E-state index in [9.17, 15) is 4.79 Å². The molecule has 1 aliphatic rings. The van der Waals surface area contributed by atoms with Crippen molar-refractivity contribution < 1.29 is 9.53 Å². The lowest BCUT2D eigenvalue weighted by molar-refractivity contribution is -0.120. The summed E-state index contributed by atoms with van der Waals surface area (Å²) in [7, 11) is 1.64. The van der Waals surface area contributed by atoms with Crippen LogP contribution in [0.2, 0.25) is 0 Å². The standard InChI is InChI=1S/C15H22N2O2/c1-19-14-4-2-12(3-5-14)10-15(18)17-9-7-13-6-8-16-11-13/h2-5,13,16H,6-11H2,1H3,(H,17,18). The maximum absolute atomic E-state index is 11.8. The Balaban J connectivity index is 1.68. The number of benzene rings is 1. The van der Waals surface area contributed by atoms with Crippen LogP contribution in [0.3, 0.4) is 0 Å². The summed E-state index contributed by atoms with van der Waals surface area (Å²) in [6, 6.07) is 7.62. The van der Waals surface area contributed by atoms with Gasteiger partial charge in [0.05, 0.1) is 13.5 Å². The van der Waals surface area contributed by atoms with Crippen LogP contribution in [0.4, 0.5) is 0 Å². The molecule has 0 saturated carbocycles. The average Bonchev–Trinajstić information content (AvgIpc) is 2.93. The molecule has 0 aliphatic carbocycles. The fourth-order valence-electron chi connectivity index (χ4n) is 2.37. The third-order valence-corrected chi connectivity index (χ3v) is 3.56. The van der Waals surface area contributed by atoms with E-state index < -0.39 is 0 Å². The van der Waals surface area contributed by atoms with Gasteiger partial charge in [-0.1, -0.05) is 12.1 Å². The Kier molecular flexibility index (Phi) is 5.21. The molecule has 1 unspecified atom stereocenters. The van der Waals surface area contributed by atoms with E-state index >= 15 is 0 Å². The van der Waals surface area contributed by atoms with E-state index in [4.69, 9.17) is 4.74 Å². The second-order valence-corrected chi connectivity index (χ2v) is 5.02. The molecule has 1 aromatic rings. The quantitative estimate of drug-likeness (QED) is 0.813. The summed E-state index contributed by atoms with van der Waals surface area (Å²) in [5.74, 6) is 1.63. The van der Waals surface area contributed by atoms with Crippen LogP contribution in [0.15, 0.2) is 24.3 Å². The largest absolute Gasteiger partial charge is 0.497 e. The zero-order valence-electron chi connectivity index (χ0n) is 11.4. The van der Waals surface area contributed by atoms with E-state index in [1.165, 1.54) is 6.42 Å². The Bertz CT molecular complexity index is 397. The minimum absolute atomic E-state index is 0.0936. The predicted molar refractivity (Wildman–Crippen MR) is 75.3 cm³/mol. The molecule has 1 aliphatic heterocycles. The van der Waals surface area contributed by atoms with Crippen molar-refractivity contribution in [2.75, 3.05) is 26.7 Å². The van der Waals surface area contributed by atoms with Gasteiger partial charge in [-0.05, 0) is 49.5 Å². The second kappa shape index (κ2) is 7.14. The first-order valence-corrected chi connectivity index (χ1v) is 6.88. The van der Waals surface area contributed by atoms with Gasteiger partial charge in [-0.25, -0.2) is 0 Å². The van der Waals surface area contributed by atoms with Crippen molar-refractivity contribution in [2.45, 2.75) is 19.3 Å². The molecule has 1 amide bonds. The number of ether oxygens (including phenoxy) is 1. The number of rotatable bonds is 6. The zero-order valence-corrected chi connectivity index (χ0v) is 11.4. The lowest BCUT2D eigenvalue weighted by Crippen LogP contribution is -2.27. The van der Waals surface area contributed by atoms with Crippen molar-refractivity contribution in [3.63, 3.8) is 0 Å². The number of hydrogen-bond acceptors (Lipinski definition) is 3. The van der Waals surface area contributed by atoms with Gasteiger partial charge in [0.25, 0.3) is 0 Å². The topological polar surface area (TPSA) is 50.4 Å². The van der Waals surface area contributed by atoms with Crippen LogP contribution in [0.25, 0.3) is 0 Å². The van der Waals surface area contributed by atoms with Gasteiger partial charge in [-0.2, -0.15) is 0 Å². The van der Waals surface area contributed by atoms with Crippen molar-refractivity contribution in [2.24, 2.45) is 5.92 Å². The molecule has 0 radical (unpaired) electrons. The van der Waals surface area contributed by atoms with Crippen molar-refractivity contribution in [1.29, 1.82) is 0 Å². The molecule has 1 aromatic carbocycles. The molecular weight excluding hydrogens is 240 g/mol. The molecule has 104 valence electrons. The maximum Gasteiger partial charge on any atom is 0.224 e. The monoisotopic (exact) mass is 262 g/mol. The Hall–Kier alpha value is -1.55. The normalized spacial score (nSPS) is 18.3. The molecule has 19 heavy (non-hydrogen) atoms. The third kappa shape index (κ3) is 4.56. The maximum atomic E-state index is 11.8. The van der Waals surface area contributed by atoms with E-state index in [-0.39, 0.29) is 5.91 Å². The van der Waals surface area contributed by atoms with Crippen molar-refractivity contribution in [3.05, 3.63) is 29.8 Å². The Morgan fingerprint density at radius 3 is 2.84 bits per heavy atom. The molecule has 4 nitrogen and oxygen atoms in total. The summed E-state index contributed by atoms with van der Waals surface area (Å²) in [6.07, 6.45) is 2.74. The highest BCUT2D eigenvalue weighted by Crippen LogP contribution is 2.12. The molecule has 1 saturated heterocycles. The van der Waals surface area contributed by atoms with E-state index in [0.717, 1.165) is 43.3 Å². The van der Waals surface area contributed by atoms with Crippen LogP contribution in [0, 0.1) is 5.92 Å². The fraction of sp³-hybridized carbons (Fsp3) is 0.533. The first-order chi connectivity index (χ1) is 9.28. The van der Waals surface area contributed by atoms with Gasteiger partial charge < -0.3 is 15.4 Å². The SMILES string of the molecule is COc1ccc(CC(=O)NCCC2CCNC2)cc1. The molecule has 2 N–H and O–H groups in total. The van der Waals surface area contributed by atoms with Crippen LogP contribution in [0.1, 0.15) is 18.4 Å². The van der Waals surface area contributed by atoms with Gasteiger partial charge >= 0.3 is 0 Å². The molecular formula is C15H22N2O2. The molecule has 4 heteroatoms. The number of nitrogens with one attached hydrogen (secondary N) is 2. The first-order valence-electron chi connectivity index (χ1n) is 6.88. The van der Waals surface area contributed by atoms with Crippen LogP contribution in [-0.2, 0) is 11.2 Å². The highest BCUT2D eigenvalue weighted by atomic mass is 16.5. The molecule has 1 heterocycles. The van der Waals surface area contributed by atoms with Gasteiger partial charge in [0.2, 0.25) is 5.91 Å². The third-order valence-electron chi connectivity index (χ3n) is 3.56. The van der Waals surface area contributed by atoms with Gasteiger partial charge in [-0.3, -0.25) is 4.79 Å². The number of hydrogen-bond donors (Lipinski definition) is 2. The predicted octanol–water partition coefficient (Wildman–Crippen LogP) is 1.35. The molecule has 0 bridgehead atoms. The summed E-state index contributed by atoms with van der Waals surface area (Å²) in [5.41, 5.74) is 1.01. The number of amides is 1. The highest BCUT2D eigenvalue weighted by Gasteiger charge is 2.14. The smallest absolute Gasteiger partial charge is 0.224 e. The van der Waals surface area contributed by atoms with Crippen LogP contribution < -0.4 is 15.4 Å². The van der Waals surface area contributed by atoms with Crippen LogP contribution in [0.5, 0.6) is 5.75 Å². The Labute approximate surface area is 114 Å². The molecule has 1 atom stereocenters. The van der Waals surface area contributed by atoms with Crippen LogP contribution in [-0.4, -0.2) is 32.7 Å². The minimum Gasteiger partial charge on any atom is -0.497 e. The van der Waals surface area contributed by atoms with Crippen molar-refractivity contribution in [3.8, 4) is 5.75 Å². The second-order valence-electron chi connectivity index (χ2n) is 5.02. The number of methoxy groups -OCH3 is 1. The van der Waals surface area contributed by atoms with E-state index in [0.29, 0.717) is 6.42 Å². The number of carbonyl (C=O) groups is 1. The lowest BCUT2D eigenvalue weighted by Gasteiger charge is -2.09. The Morgan fingerprint density at radius 2 is 2.21 bits per heavy atom. The average molecular weight is 262 g/mol. The summed E-state index contributed by atoms with van der Waals surface area (Å²) < 4.78 is 5.09. The molecule has 0 spiro atoms. The summed E-state index contributed by atoms with van der Waals surface area (Å²) in [4.78, 5) is 11.8. The zero-order chi connectivity index (χ0) is 13.5. The Morgan fingerprint density at radius 1 is 1.42 bits per heavy atom. The minimum atomic E-state index is 0.0936. The highest BCUT2D eigenvalue weighted by molar-refractivity contribution is 5.78. The molecule has 0 aromatic heterocycles. The van der Waals surface area contributed by atoms with Crippen molar-refractivity contribution >= 4 is 5.91 Å². The summed E-state index contributed by atoms with van der Waals surface area (Å²) >= 11 is 0. The fourth-order valence-corrected chi connectivity index (χ4v) is 2.37.